The second kappa shape index (κ2) is 8.87. The van der Waals surface area contributed by atoms with Crippen LogP contribution >= 0.6 is 11.8 Å². The molecule has 1 N–H and O–H groups in total. The van der Waals surface area contributed by atoms with Crippen LogP contribution in [0.3, 0.4) is 0 Å². The molecule has 0 radical (unpaired) electrons. The summed E-state index contributed by atoms with van der Waals surface area (Å²) in [7, 11) is 0. The van der Waals surface area contributed by atoms with Crippen LogP contribution in [0.4, 0.5) is 17.6 Å². The standard InChI is InChI=1S/C26H15F4NO4S/c27-17-10-4-1-7-14(17)13-31-18-11-5-2-8-15(18)22-20(24(31)33)21(32)23(25(34)35-22)36-19-12-6-3-9-16(19)26(28,29)30/h1-12,32H,13H2. The van der Waals surface area contributed by atoms with Crippen LogP contribution < -0.4 is 11.2 Å². The summed E-state index contributed by atoms with van der Waals surface area (Å²) in [4.78, 5) is 25.4. The summed E-state index contributed by atoms with van der Waals surface area (Å²) in [6.45, 7) is -0.195. The largest absolute Gasteiger partial charge is 0.505 e. The summed E-state index contributed by atoms with van der Waals surface area (Å²) < 4.78 is 61.4. The van der Waals surface area contributed by atoms with E-state index in [0.29, 0.717) is 22.7 Å². The van der Waals surface area contributed by atoms with E-state index in [-0.39, 0.29) is 22.6 Å². The van der Waals surface area contributed by atoms with Gasteiger partial charge in [0.05, 0.1) is 17.6 Å². The van der Waals surface area contributed by atoms with Gasteiger partial charge in [0.2, 0.25) is 0 Å². The molecule has 2 aromatic heterocycles. The molecule has 10 heteroatoms. The summed E-state index contributed by atoms with van der Waals surface area (Å²) >= 11 is 0.351. The van der Waals surface area contributed by atoms with Crippen LogP contribution in [0, 0.1) is 5.82 Å². The molecule has 5 nitrogen and oxygen atoms in total. The van der Waals surface area contributed by atoms with Gasteiger partial charge < -0.3 is 14.1 Å². The number of hydrogen-bond acceptors (Lipinski definition) is 5. The third kappa shape index (κ3) is 4.03. The van der Waals surface area contributed by atoms with Gasteiger partial charge >= 0.3 is 11.8 Å². The number of benzene rings is 3. The molecule has 0 saturated carbocycles. The highest BCUT2D eigenvalue weighted by Crippen LogP contribution is 2.42. The van der Waals surface area contributed by atoms with Crippen molar-refractivity contribution in [2.45, 2.75) is 22.5 Å². The summed E-state index contributed by atoms with van der Waals surface area (Å²) in [5.41, 5.74) is -2.59. The molecule has 182 valence electrons. The molecular formula is C26H15F4NO4S. The average molecular weight is 513 g/mol. The number of aromatic nitrogens is 1. The van der Waals surface area contributed by atoms with E-state index in [1.54, 1.807) is 30.3 Å². The molecule has 0 atom stereocenters. The van der Waals surface area contributed by atoms with Gasteiger partial charge in [-0.2, -0.15) is 13.2 Å². The molecule has 0 amide bonds. The zero-order chi connectivity index (χ0) is 25.6. The number of rotatable bonds is 4. The molecule has 2 heterocycles. The third-order valence-corrected chi connectivity index (χ3v) is 6.79. The predicted octanol–water partition coefficient (Wildman–Crippen LogP) is 6.17. The fraction of sp³-hybridized carbons (Fsp3) is 0.0769. The van der Waals surface area contributed by atoms with Gasteiger partial charge in [0.15, 0.2) is 11.3 Å². The van der Waals surface area contributed by atoms with Gasteiger partial charge in [0.1, 0.15) is 16.1 Å². The van der Waals surface area contributed by atoms with E-state index in [1.807, 2.05) is 0 Å². The van der Waals surface area contributed by atoms with Crippen LogP contribution in [-0.4, -0.2) is 9.67 Å². The highest BCUT2D eigenvalue weighted by molar-refractivity contribution is 7.99. The van der Waals surface area contributed by atoms with E-state index < -0.39 is 44.8 Å². The molecule has 5 rings (SSSR count). The van der Waals surface area contributed by atoms with Crippen LogP contribution in [0.1, 0.15) is 11.1 Å². The molecule has 36 heavy (non-hydrogen) atoms. The van der Waals surface area contributed by atoms with Crippen molar-refractivity contribution in [2.75, 3.05) is 0 Å². The minimum atomic E-state index is -4.71. The lowest BCUT2D eigenvalue weighted by molar-refractivity contribution is -0.139. The van der Waals surface area contributed by atoms with Gasteiger partial charge in [-0.1, -0.05) is 54.2 Å². The highest BCUT2D eigenvalue weighted by atomic mass is 32.2. The van der Waals surface area contributed by atoms with Crippen molar-refractivity contribution in [3.05, 3.63) is 111 Å². The number of aromatic hydroxyl groups is 1. The molecule has 0 spiro atoms. The van der Waals surface area contributed by atoms with Crippen molar-refractivity contribution in [3.8, 4) is 5.75 Å². The number of alkyl halides is 3. The van der Waals surface area contributed by atoms with Crippen LogP contribution in [0.5, 0.6) is 5.75 Å². The van der Waals surface area contributed by atoms with E-state index in [9.17, 15) is 32.3 Å². The van der Waals surface area contributed by atoms with E-state index >= 15 is 0 Å². The first-order valence-corrected chi connectivity index (χ1v) is 11.4. The molecule has 0 aliphatic carbocycles. The van der Waals surface area contributed by atoms with Gasteiger partial charge in [-0.3, -0.25) is 4.79 Å². The second-order valence-corrected chi connectivity index (χ2v) is 8.92. The van der Waals surface area contributed by atoms with E-state index in [0.717, 1.165) is 12.1 Å². The Bertz CT molecular complexity index is 1760. The maximum atomic E-state index is 14.4. The molecule has 0 unspecified atom stereocenters. The first kappa shape index (κ1) is 23.7. The fourth-order valence-electron chi connectivity index (χ4n) is 3.98. The fourth-order valence-corrected chi connectivity index (χ4v) is 4.97. The van der Waals surface area contributed by atoms with Crippen molar-refractivity contribution in [1.29, 1.82) is 0 Å². The monoisotopic (exact) mass is 513 g/mol. The molecule has 0 bridgehead atoms. The quantitative estimate of drug-likeness (QED) is 0.230. The summed E-state index contributed by atoms with van der Waals surface area (Å²) in [6.07, 6.45) is -4.71. The highest BCUT2D eigenvalue weighted by Gasteiger charge is 2.34. The average Bonchev–Trinajstić information content (AvgIpc) is 2.84. The molecule has 5 aromatic rings. The summed E-state index contributed by atoms with van der Waals surface area (Å²) in [6, 6.07) is 16.8. The maximum absolute atomic E-state index is 14.4. The normalized spacial score (nSPS) is 11.9. The van der Waals surface area contributed by atoms with Crippen LogP contribution in [-0.2, 0) is 12.7 Å². The predicted molar refractivity (Wildman–Crippen MR) is 127 cm³/mol. The Kier molecular flexibility index (Phi) is 5.83. The molecule has 0 fully saturated rings. The molecule has 0 saturated heterocycles. The van der Waals surface area contributed by atoms with Crippen molar-refractivity contribution in [1.82, 2.24) is 4.57 Å². The molecule has 0 aliphatic rings. The zero-order valence-corrected chi connectivity index (χ0v) is 19.0. The van der Waals surface area contributed by atoms with Gasteiger partial charge in [0, 0.05) is 15.8 Å². The number of fused-ring (bicyclic) bond motifs is 3. The number of hydrogen-bond donors (Lipinski definition) is 1. The maximum Gasteiger partial charge on any atom is 0.417 e. The summed E-state index contributed by atoms with van der Waals surface area (Å²) in [5.74, 6) is -1.35. The minimum absolute atomic E-state index is 0.195. The van der Waals surface area contributed by atoms with E-state index in [1.165, 1.54) is 34.9 Å². The van der Waals surface area contributed by atoms with Crippen molar-refractivity contribution in [2.24, 2.45) is 0 Å². The van der Waals surface area contributed by atoms with E-state index in [2.05, 4.69) is 0 Å². The van der Waals surface area contributed by atoms with Gasteiger partial charge in [-0.05, 0) is 30.3 Å². The lowest BCUT2D eigenvalue weighted by Gasteiger charge is -2.15. The Hall–Kier alpha value is -4.05. The van der Waals surface area contributed by atoms with Crippen LogP contribution in [0.15, 0.2) is 96.6 Å². The molecular weight excluding hydrogens is 498 g/mol. The Morgan fingerprint density at radius 1 is 0.917 bits per heavy atom. The molecule has 3 aromatic carbocycles. The smallest absolute Gasteiger partial charge is 0.417 e. The van der Waals surface area contributed by atoms with E-state index in [4.69, 9.17) is 4.42 Å². The number of para-hydroxylation sites is 1. The zero-order valence-electron chi connectivity index (χ0n) is 18.2. The summed E-state index contributed by atoms with van der Waals surface area (Å²) in [5, 5.41) is 10.9. The Labute approximate surface area is 204 Å². The first-order chi connectivity index (χ1) is 17.2. The SMILES string of the molecule is O=c1oc2c(c(O)c1Sc1ccccc1C(F)(F)F)c(=O)n(Cc1ccccc1F)c1ccccc21. The second-order valence-electron chi connectivity index (χ2n) is 7.87. The van der Waals surface area contributed by atoms with Crippen LogP contribution in [0.25, 0.3) is 21.9 Å². The number of pyridine rings is 1. The van der Waals surface area contributed by atoms with Crippen LogP contribution in [0.2, 0.25) is 0 Å². The lowest BCUT2D eigenvalue weighted by atomic mass is 10.1. The van der Waals surface area contributed by atoms with Gasteiger partial charge in [-0.15, -0.1) is 0 Å². The number of nitrogens with zero attached hydrogens (tertiary/aromatic N) is 1. The van der Waals surface area contributed by atoms with Crippen molar-refractivity contribution in [3.63, 3.8) is 0 Å². The topological polar surface area (TPSA) is 72.4 Å². The van der Waals surface area contributed by atoms with Gasteiger partial charge in [-0.25, -0.2) is 9.18 Å². The first-order valence-electron chi connectivity index (χ1n) is 10.6. The Morgan fingerprint density at radius 3 is 2.33 bits per heavy atom. The number of halogens is 4. The lowest BCUT2D eigenvalue weighted by Crippen LogP contribution is -2.23. The third-order valence-electron chi connectivity index (χ3n) is 5.65. The minimum Gasteiger partial charge on any atom is -0.505 e. The molecule has 0 aliphatic heterocycles. The Morgan fingerprint density at radius 2 is 1.58 bits per heavy atom. The van der Waals surface area contributed by atoms with Crippen molar-refractivity contribution >= 4 is 33.6 Å². The van der Waals surface area contributed by atoms with Crippen molar-refractivity contribution < 1.29 is 27.1 Å². The Balaban J connectivity index is 1.78. The van der Waals surface area contributed by atoms with Gasteiger partial charge in [0.25, 0.3) is 5.56 Å².